The lowest BCUT2D eigenvalue weighted by Gasteiger charge is -2.12. The molecule has 19 heavy (non-hydrogen) atoms. The molecular formula is C14H19ClN2O2. The fourth-order valence-corrected chi connectivity index (χ4v) is 1.89. The number of pyridine rings is 1. The number of carbonyl (C=O) groups is 1. The molecule has 1 N–H and O–H groups in total. The average molecular weight is 283 g/mol. The molecular weight excluding hydrogens is 264 g/mol. The van der Waals surface area contributed by atoms with Crippen LogP contribution in [-0.4, -0.2) is 22.9 Å². The first-order valence-corrected chi connectivity index (χ1v) is 7.21. The summed E-state index contributed by atoms with van der Waals surface area (Å²) < 4.78 is 5.74. The molecule has 0 spiro atoms. The molecule has 0 radical (unpaired) electrons. The molecule has 0 atom stereocenters. The lowest BCUT2D eigenvalue weighted by Crippen LogP contribution is -2.13. The van der Waals surface area contributed by atoms with E-state index in [2.05, 4.69) is 10.3 Å². The molecule has 1 saturated carbocycles. The maximum absolute atomic E-state index is 11.8. The van der Waals surface area contributed by atoms with Gasteiger partial charge in [0.2, 0.25) is 5.91 Å². The molecule has 1 aromatic heterocycles. The molecule has 1 aliphatic rings. The number of aryl methyl sites for hydroxylation is 1. The summed E-state index contributed by atoms with van der Waals surface area (Å²) in [5.41, 5.74) is 1.58. The van der Waals surface area contributed by atoms with Crippen molar-refractivity contribution in [3.8, 4) is 5.75 Å². The summed E-state index contributed by atoms with van der Waals surface area (Å²) in [4.78, 5) is 16.0. The summed E-state index contributed by atoms with van der Waals surface area (Å²) in [6.45, 7) is 1.89. The molecule has 0 saturated heterocycles. The van der Waals surface area contributed by atoms with E-state index in [4.69, 9.17) is 16.3 Å². The Balaban J connectivity index is 1.96. The zero-order valence-electron chi connectivity index (χ0n) is 11.1. The van der Waals surface area contributed by atoms with Crippen LogP contribution in [0.15, 0.2) is 12.3 Å². The van der Waals surface area contributed by atoms with Gasteiger partial charge < -0.3 is 10.1 Å². The van der Waals surface area contributed by atoms with Crippen LogP contribution in [0.4, 0.5) is 5.69 Å². The highest BCUT2D eigenvalue weighted by Gasteiger charge is 2.25. The molecule has 1 heterocycles. The Bertz CT molecular complexity index is 447. The van der Waals surface area contributed by atoms with E-state index in [1.54, 1.807) is 6.20 Å². The minimum atomic E-state index is -0.00337. The normalized spacial score (nSPS) is 14.2. The van der Waals surface area contributed by atoms with Crippen molar-refractivity contribution in [1.29, 1.82) is 0 Å². The zero-order valence-corrected chi connectivity index (χ0v) is 11.9. The number of nitrogens with zero attached hydrogens (tertiary/aromatic N) is 1. The van der Waals surface area contributed by atoms with Crippen molar-refractivity contribution in [1.82, 2.24) is 4.98 Å². The van der Waals surface area contributed by atoms with Crippen molar-refractivity contribution in [2.75, 3.05) is 11.2 Å². The second-order valence-electron chi connectivity index (χ2n) is 4.83. The highest BCUT2D eigenvalue weighted by molar-refractivity contribution is 6.17. The van der Waals surface area contributed by atoms with Gasteiger partial charge in [-0.1, -0.05) is 0 Å². The first kappa shape index (κ1) is 14.1. The van der Waals surface area contributed by atoms with Gasteiger partial charge in [0, 0.05) is 18.0 Å². The number of nitrogens with one attached hydrogen (secondary N) is 1. The standard InChI is InChI=1S/C14H19ClN2O2/c1-10-8-12(17-14(18)4-2-3-7-15)13(9-16-10)19-11-5-6-11/h8-9,11H,2-7H2,1H3,(H,16,17,18). The summed E-state index contributed by atoms with van der Waals surface area (Å²) in [5, 5.41) is 2.90. The molecule has 5 heteroatoms. The molecule has 0 aromatic carbocycles. The predicted octanol–water partition coefficient (Wildman–Crippen LogP) is 3.28. The third-order valence-electron chi connectivity index (χ3n) is 2.88. The summed E-state index contributed by atoms with van der Waals surface area (Å²) >= 11 is 5.60. The highest BCUT2D eigenvalue weighted by atomic mass is 35.5. The van der Waals surface area contributed by atoms with E-state index in [9.17, 15) is 4.79 Å². The van der Waals surface area contributed by atoms with Crippen molar-refractivity contribution in [2.24, 2.45) is 0 Å². The second kappa shape index (κ2) is 6.75. The largest absolute Gasteiger partial charge is 0.487 e. The molecule has 1 fully saturated rings. The Labute approximate surface area is 118 Å². The summed E-state index contributed by atoms with van der Waals surface area (Å²) in [6, 6.07) is 1.84. The number of halogens is 1. The first-order chi connectivity index (χ1) is 9.19. The lowest BCUT2D eigenvalue weighted by atomic mass is 10.2. The number of hydrogen-bond donors (Lipinski definition) is 1. The van der Waals surface area contributed by atoms with E-state index in [0.717, 1.165) is 37.1 Å². The Morgan fingerprint density at radius 3 is 3.00 bits per heavy atom. The molecule has 1 amide bonds. The van der Waals surface area contributed by atoms with Gasteiger partial charge in [-0.2, -0.15) is 0 Å². The maximum Gasteiger partial charge on any atom is 0.224 e. The average Bonchev–Trinajstić information content (AvgIpc) is 3.17. The fourth-order valence-electron chi connectivity index (χ4n) is 1.70. The van der Waals surface area contributed by atoms with Crippen molar-refractivity contribution in [3.05, 3.63) is 18.0 Å². The van der Waals surface area contributed by atoms with Gasteiger partial charge in [-0.05, 0) is 38.7 Å². The van der Waals surface area contributed by atoms with E-state index in [1.807, 2.05) is 13.0 Å². The summed E-state index contributed by atoms with van der Waals surface area (Å²) in [5.74, 6) is 1.26. The monoisotopic (exact) mass is 282 g/mol. The van der Waals surface area contributed by atoms with Crippen LogP contribution in [0, 0.1) is 6.92 Å². The Kier molecular flexibility index (Phi) is 5.02. The van der Waals surface area contributed by atoms with Crippen molar-refractivity contribution < 1.29 is 9.53 Å². The Hall–Kier alpha value is -1.29. The lowest BCUT2D eigenvalue weighted by molar-refractivity contribution is -0.116. The number of anilines is 1. The molecule has 1 aliphatic carbocycles. The number of aromatic nitrogens is 1. The van der Waals surface area contributed by atoms with Crippen LogP contribution in [0.3, 0.4) is 0 Å². The van der Waals surface area contributed by atoms with Gasteiger partial charge in [0.15, 0.2) is 5.75 Å². The second-order valence-corrected chi connectivity index (χ2v) is 5.21. The fraction of sp³-hybridized carbons (Fsp3) is 0.571. The summed E-state index contributed by atoms with van der Waals surface area (Å²) in [6.07, 6.45) is 6.28. The smallest absolute Gasteiger partial charge is 0.224 e. The number of amides is 1. The predicted molar refractivity (Wildman–Crippen MR) is 75.8 cm³/mol. The van der Waals surface area contributed by atoms with Crippen LogP contribution in [0.5, 0.6) is 5.75 Å². The Morgan fingerprint density at radius 1 is 1.53 bits per heavy atom. The van der Waals surface area contributed by atoms with Gasteiger partial charge in [-0.25, -0.2) is 0 Å². The van der Waals surface area contributed by atoms with Crippen molar-refractivity contribution in [3.63, 3.8) is 0 Å². The van der Waals surface area contributed by atoms with Crippen LogP contribution in [0.2, 0.25) is 0 Å². The number of ether oxygens (including phenoxy) is 1. The molecule has 104 valence electrons. The van der Waals surface area contributed by atoms with Crippen LogP contribution < -0.4 is 10.1 Å². The van der Waals surface area contributed by atoms with Crippen LogP contribution in [0.25, 0.3) is 0 Å². The molecule has 2 rings (SSSR count). The first-order valence-electron chi connectivity index (χ1n) is 6.68. The van der Waals surface area contributed by atoms with E-state index in [-0.39, 0.29) is 12.0 Å². The van der Waals surface area contributed by atoms with Gasteiger partial charge in [0.25, 0.3) is 0 Å². The maximum atomic E-state index is 11.8. The molecule has 0 bridgehead atoms. The van der Waals surface area contributed by atoms with Gasteiger partial charge in [0.1, 0.15) is 0 Å². The number of alkyl halides is 1. The minimum absolute atomic E-state index is 0.00337. The number of rotatable bonds is 7. The number of unbranched alkanes of at least 4 members (excludes halogenated alkanes) is 1. The van der Waals surface area contributed by atoms with E-state index in [1.165, 1.54) is 0 Å². The number of hydrogen-bond acceptors (Lipinski definition) is 3. The van der Waals surface area contributed by atoms with Gasteiger partial charge in [0.05, 0.1) is 18.0 Å². The zero-order chi connectivity index (χ0) is 13.7. The van der Waals surface area contributed by atoms with Crippen LogP contribution in [0.1, 0.15) is 37.8 Å². The SMILES string of the molecule is Cc1cc(NC(=O)CCCCCl)c(OC2CC2)cn1. The Morgan fingerprint density at radius 2 is 2.32 bits per heavy atom. The van der Waals surface area contributed by atoms with Gasteiger partial charge in [-0.15, -0.1) is 11.6 Å². The van der Waals surface area contributed by atoms with Crippen molar-refractivity contribution in [2.45, 2.75) is 45.1 Å². The van der Waals surface area contributed by atoms with Crippen LogP contribution >= 0.6 is 11.6 Å². The molecule has 0 aliphatic heterocycles. The highest BCUT2D eigenvalue weighted by Crippen LogP contribution is 2.31. The minimum Gasteiger partial charge on any atom is -0.487 e. The van der Waals surface area contributed by atoms with E-state index in [0.29, 0.717) is 18.1 Å². The van der Waals surface area contributed by atoms with Crippen LogP contribution in [-0.2, 0) is 4.79 Å². The molecule has 0 unspecified atom stereocenters. The molecule has 1 aromatic rings. The topological polar surface area (TPSA) is 51.2 Å². The summed E-state index contributed by atoms with van der Waals surface area (Å²) in [7, 11) is 0. The van der Waals surface area contributed by atoms with Gasteiger partial charge >= 0.3 is 0 Å². The molecule has 4 nitrogen and oxygen atoms in total. The third-order valence-corrected chi connectivity index (χ3v) is 3.15. The van der Waals surface area contributed by atoms with Crippen molar-refractivity contribution >= 4 is 23.2 Å². The third kappa shape index (κ3) is 4.71. The van der Waals surface area contributed by atoms with E-state index < -0.39 is 0 Å². The number of carbonyl (C=O) groups excluding carboxylic acids is 1. The van der Waals surface area contributed by atoms with Gasteiger partial charge in [-0.3, -0.25) is 9.78 Å². The quantitative estimate of drug-likeness (QED) is 0.617. The van der Waals surface area contributed by atoms with E-state index >= 15 is 0 Å².